The van der Waals surface area contributed by atoms with Crippen molar-refractivity contribution in [1.82, 2.24) is 0 Å². The van der Waals surface area contributed by atoms with Gasteiger partial charge < -0.3 is 18.0 Å². The molecule has 7 heteroatoms. The lowest BCUT2D eigenvalue weighted by Crippen LogP contribution is -2.42. The second kappa shape index (κ2) is 8.20. The van der Waals surface area contributed by atoms with Crippen LogP contribution in [0, 0.1) is 0 Å². The molecule has 0 aromatic carbocycles. The van der Waals surface area contributed by atoms with Crippen LogP contribution >= 0.6 is 0 Å². The van der Waals surface area contributed by atoms with E-state index >= 15 is 0 Å². The maximum Gasteiger partial charge on any atom is 0.500 e. The lowest BCUT2D eigenvalue weighted by atomic mass is 10.5. The van der Waals surface area contributed by atoms with Crippen molar-refractivity contribution >= 4 is 20.7 Å². The predicted molar refractivity (Wildman–Crippen MR) is 57.4 cm³/mol. The molecule has 0 radical (unpaired) electrons. The topological polar surface area (TPSA) is 71.1 Å². The number of carbonyl (C=O) groups excluding carboxylic acids is 2. The Balaban J connectivity index is 3.87. The van der Waals surface area contributed by atoms with Crippen molar-refractivity contribution in [3.8, 4) is 0 Å². The fraction of sp³-hybridized carbons (Fsp3) is 0.667. The molecule has 0 saturated heterocycles. The number of ether oxygens (including phenoxy) is 1. The summed E-state index contributed by atoms with van der Waals surface area (Å²) in [6.07, 6.45) is 1.24. The molecule has 0 bridgehead atoms. The van der Waals surface area contributed by atoms with Crippen LogP contribution in [0.5, 0.6) is 0 Å². The Hall–Kier alpha value is -0.983. The molecule has 0 aliphatic heterocycles. The summed E-state index contributed by atoms with van der Waals surface area (Å²) in [7, 11) is 1.96. The molecule has 92 valence electrons. The first-order valence-corrected chi connectivity index (χ1v) is 6.60. The minimum Gasteiger partial charge on any atom is -0.462 e. The second-order valence-corrected chi connectivity index (χ2v) is 5.92. The maximum atomic E-state index is 10.8. The van der Waals surface area contributed by atoms with Crippen molar-refractivity contribution in [3.05, 3.63) is 6.08 Å². The molecule has 0 rings (SSSR count). The van der Waals surface area contributed by atoms with Gasteiger partial charge in [0.1, 0.15) is 12.0 Å². The molecule has 0 heterocycles. The van der Waals surface area contributed by atoms with E-state index in [9.17, 15) is 9.59 Å². The third-order valence-corrected chi connectivity index (χ3v) is 4.81. The minimum atomic E-state index is -2.59. The molecule has 6 nitrogen and oxygen atoms in total. The number of rotatable bonds is 8. The monoisotopic (exact) mass is 248 g/mol. The van der Waals surface area contributed by atoms with Crippen molar-refractivity contribution in [3.63, 3.8) is 0 Å². The highest BCUT2D eigenvalue weighted by Gasteiger charge is 2.36. The van der Waals surface area contributed by atoms with E-state index in [1.807, 2.05) is 0 Å². The van der Waals surface area contributed by atoms with Crippen LogP contribution in [0.1, 0.15) is 6.42 Å². The molecule has 0 aliphatic carbocycles. The Morgan fingerprint density at radius 2 is 1.81 bits per heavy atom. The van der Waals surface area contributed by atoms with Crippen LogP contribution in [0.2, 0.25) is 6.04 Å². The third kappa shape index (κ3) is 5.20. The lowest BCUT2D eigenvalue weighted by molar-refractivity contribution is -0.137. The minimum absolute atomic E-state index is 0.182. The van der Waals surface area contributed by atoms with E-state index < -0.39 is 14.8 Å². The number of esters is 1. The van der Waals surface area contributed by atoms with Gasteiger partial charge in [0.2, 0.25) is 0 Å². The predicted octanol–water partition coefficient (Wildman–Crippen LogP) is 0.186. The Kier molecular flexibility index (Phi) is 7.70. The average Bonchev–Trinajstić information content (AvgIpc) is 2.31. The van der Waals surface area contributed by atoms with Gasteiger partial charge >= 0.3 is 14.8 Å². The molecule has 0 amide bonds. The highest BCUT2D eigenvalue weighted by atomic mass is 28.4. The van der Waals surface area contributed by atoms with Gasteiger partial charge in [-0.15, -0.1) is 0 Å². The van der Waals surface area contributed by atoms with Gasteiger partial charge in [-0.1, -0.05) is 0 Å². The number of hydrogen-bond donors (Lipinski definition) is 0. The first kappa shape index (κ1) is 15.0. The van der Waals surface area contributed by atoms with E-state index in [2.05, 4.69) is 0 Å². The number of carbonyl (C=O) groups is 1. The molecule has 0 fully saturated rings. The molecule has 0 atom stereocenters. The summed E-state index contributed by atoms with van der Waals surface area (Å²) in [6, 6.07) is 0.536. The zero-order chi connectivity index (χ0) is 12.4. The Bertz CT molecular complexity index is 248. The van der Waals surface area contributed by atoms with Crippen LogP contribution in [0.3, 0.4) is 0 Å². The van der Waals surface area contributed by atoms with Crippen molar-refractivity contribution in [2.24, 2.45) is 0 Å². The van der Waals surface area contributed by atoms with Crippen LogP contribution in [-0.4, -0.2) is 48.7 Å². The molecule has 0 spiro atoms. The molecule has 0 aromatic rings. The van der Waals surface area contributed by atoms with E-state index in [0.717, 1.165) is 0 Å². The first-order valence-electron chi connectivity index (χ1n) is 4.67. The Morgan fingerprint density at radius 1 is 1.25 bits per heavy atom. The summed E-state index contributed by atoms with van der Waals surface area (Å²) < 4.78 is 20.2. The van der Waals surface area contributed by atoms with Gasteiger partial charge in [-0.2, -0.15) is 0 Å². The second-order valence-electron chi connectivity index (χ2n) is 2.83. The van der Waals surface area contributed by atoms with Crippen molar-refractivity contribution < 1.29 is 27.6 Å². The summed E-state index contributed by atoms with van der Waals surface area (Å²) in [5, 5.41) is 0. The molecular weight excluding hydrogens is 232 g/mol. The third-order valence-electron chi connectivity index (χ3n) is 1.98. The van der Waals surface area contributed by atoms with Crippen LogP contribution in [0.15, 0.2) is 6.08 Å². The van der Waals surface area contributed by atoms with Gasteiger partial charge in [-0.25, -0.2) is 9.59 Å². The molecule has 0 saturated carbocycles. The molecular formula is C9H16O6Si. The van der Waals surface area contributed by atoms with Crippen LogP contribution in [0.4, 0.5) is 0 Å². The fourth-order valence-corrected chi connectivity index (χ4v) is 2.80. The van der Waals surface area contributed by atoms with Gasteiger partial charge in [0.15, 0.2) is 0 Å². The summed E-state index contributed by atoms with van der Waals surface area (Å²) in [5.41, 5.74) is 0. The summed E-state index contributed by atoms with van der Waals surface area (Å²) in [4.78, 5) is 20.6. The van der Waals surface area contributed by atoms with E-state index in [0.29, 0.717) is 18.5 Å². The van der Waals surface area contributed by atoms with Gasteiger partial charge in [-0.3, -0.25) is 0 Å². The van der Waals surface area contributed by atoms with Crippen LogP contribution < -0.4 is 0 Å². The van der Waals surface area contributed by atoms with Crippen molar-refractivity contribution in [2.75, 3.05) is 27.9 Å². The van der Waals surface area contributed by atoms with Gasteiger partial charge in [-0.05, 0) is 6.42 Å². The first-order chi connectivity index (χ1) is 7.64. The standard InChI is InChI=1S/C9H16O6Si/c1-12-16(13-2,14-3)8-4-7-15-9(11)5-6-10/h5H,4,7-8H2,1-3H3. The van der Waals surface area contributed by atoms with Crippen LogP contribution in [-0.2, 0) is 27.6 Å². The number of hydrogen-bond acceptors (Lipinski definition) is 6. The van der Waals surface area contributed by atoms with E-state index in [1.165, 1.54) is 27.3 Å². The van der Waals surface area contributed by atoms with Crippen molar-refractivity contribution in [1.29, 1.82) is 0 Å². The normalized spacial score (nSPS) is 10.7. The molecule has 0 aromatic heterocycles. The quantitative estimate of drug-likeness (QED) is 0.201. The summed E-state index contributed by atoms with van der Waals surface area (Å²) in [5.74, 6) is 0.644. The maximum absolute atomic E-state index is 10.8. The van der Waals surface area contributed by atoms with Gasteiger partial charge in [0.25, 0.3) is 0 Å². The zero-order valence-electron chi connectivity index (χ0n) is 9.65. The largest absolute Gasteiger partial charge is 0.500 e. The highest BCUT2D eigenvalue weighted by Crippen LogP contribution is 2.14. The van der Waals surface area contributed by atoms with Gasteiger partial charge in [0, 0.05) is 27.4 Å². The van der Waals surface area contributed by atoms with E-state index in [-0.39, 0.29) is 6.61 Å². The molecule has 16 heavy (non-hydrogen) atoms. The molecule has 0 unspecified atom stereocenters. The summed E-state index contributed by atoms with van der Waals surface area (Å²) >= 11 is 0. The smallest absolute Gasteiger partial charge is 0.462 e. The summed E-state index contributed by atoms with van der Waals surface area (Å²) in [6.45, 7) is 0.182. The average molecular weight is 248 g/mol. The Labute approximate surface area is 95.5 Å². The highest BCUT2D eigenvalue weighted by molar-refractivity contribution is 6.60. The van der Waals surface area contributed by atoms with E-state index in [1.54, 1.807) is 0 Å². The zero-order valence-corrected chi connectivity index (χ0v) is 10.6. The molecule has 0 N–H and O–H groups in total. The Morgan fingerprint density at radius 3 is 2.25 bits per heavy atom. The van der Waals surface area contributed by atoms with E-state index in [4.69, 9.17) is 18.0 Å². The molecule has 0 aliphatic rings. The SMILES string of the molecule is CO[Si](CCCOC(=O)C=C=O)(OC)OC. The fourth-order valence-electron chi connectivity index (χ4n) is 1.11. The van der Waals surface area contributed by atoms with Gasteiger partial charge in [0.05, 0.1) is 6.61 Å². The van der Waals surface area contributed by atoms with Crippen molar-refractivity contribution in [2.45, 2.75) is 12.5 Å². The van der Waals surface area contributed by atoms with Crippen LogP contribution in [0.25, 0.3) is 0 Å². The lowest BCUT2D eigenvalue weighted by Gasteiger charge is -2.23.